The summed E-state index contributed by atoms with van der Waals surface area (Å²) in [5, 5.41) is 0. The van der Waals surface area contributed by atoms with Crippen LogP contribution in [-0.2, 0) is 4.79 Å². The molecule has 0 rings (SSSR count). The Hall–Kier alpha value is -0.700. The first kappa shape index (κ1) is 9.30. The first-order valence-corrected chi connectivity index (χ1v) is 3.39. The highest BCUT2D eigenvalue weighted by Crippen LogP contribution is 2.05. The summed E-state index contributed by atoms with van der Waals surface area (Å²) in [7, 11) is 0. The van der Waals surface area contributed by atoms with Gasteiger partial charge in [-0.1, -0.05) is 20.3 Å². The molecule has 0 radical (unpaired) electrons. The molecule has 0 fully saturated rings. The Morgan fingerprint density at radius 1 is 1.80 bits per heavy atom. The first-order chi connectivity index (χ1) is 4.63. The van der Waals surface area contributed by atoms with Crippen LogP contribution in [0.25, 0.3) is 0 Å². The van der Waals surface area contributed by atoms with Gasteiger partial charge >= 0.3 is 0 Å². The van der Waals surface area contributed by atoms with Gasteiger partial charge in [0.15, 0.2) is 0 Å². The fourth-order valence-electron chi connectivity index (χ4n) is 0.603. The van der Waals surface area contributed by atoms with E-state index in [0.29, 0.717) is 0 Å². The second-order valence-electron chi connectivity index (χ2n) is 2.41. The van der Waals surface area contributed by atoms with Gasteiger partial charge in [0.05, 0.1) is 6.04 Å². The maximum absolute atomic E-state index is 10.8. The minimum atomic E-state index is -0.470. The second-order valence-corrected chi connectivity index (χ2v) is 2.41. The van der Waals surface area contributed by atoms with E-state index in [4.69, 9.17) is 5.73 Å². The Morgan fingerprint density at radius 3 is 2.60 bits per heavy atom. The molecule has 0 spiro atoms. The molecule has 0 heterocycles. The van der Waals surface area contributed by atoms with Gasteiger partial charge in [-0.2, -0.15) is 0 Å². The van der Waals surface area contributed by atoms with Gasteiger partial charge in [-0.3, -0.25) is 4.79 Å². The van der Waals surface area contributed by atoms with Crippen LogP contribution in [0.2, 0.25) is 0 Å². The van der Waals surface area contributed by atoms with Crippen LogP contribution >= 0.6 is 0 Å². The molecule has 0 aromatic carbocycles. The van der Waals surface area contributed by atoms with Gasteiger partial charge in [0.25, 0.3) is 5.91 Å². The molecule has 0 aliphatic heterocycles. The number of carbonyl (C=O) groups is 1. The third kappa shape index (κ3) is 2.27. The summed E-state index contributed by atoms with van der Waals surface area (Å²) in [5.41, 5.74) is 5.50. The van der Waals surface area contributed by atoms with Crippen LogP contribution < -0.4 is 5.73 Å². The summed E-state index contributed by atoms with van der Waals surface area (Å²) in [6.07, 6.45) is 0.891. The molecule has 58 valence electrons. The topological polar surface area (TPSA) is 55.5 Å². The van der Waals surface area contributed by atoms with Crippen LogP contribution in [0.3, 0.4) is 0 Å². The average Bonchev–Trinajstić information content (AvgIpc) is 2.00. The summed E-state index contributed by atoms with van der Waals surface area (Å²) in [6.45, 7) is 7.03. The number of aliphatic imine (C=N–C) groups is 1. The number of carbonyl (C=O) groups excluding carboxylic acids is 1. The fourth-order valence-corrected chi connectivity index (χ4v) is 0.603. The molecule has 3 nitrogen and oxygen atoms in total. The van der Waals surface area contributed by atoms with E-state index in [0.717, 1.165) is 6.42 Å². The monoisotopic (exact) mass is 142 g/mol. The first-order valence-electron chi connectivity index (χ1n) is 3.39. The molecule has 0 aliphatic rings. The van der Waals surface area contributed by atoms with E-state index in [9.17, 15) is 4.79 Å². The van der Waals surface area contributed by atoms with E-state index in [1.807, 2.05) is 13.8 Å². The third-order valence-electron chi connectivity index (χ3n) is 1.70. The molecule has 3 heteroatoms. The number of hydrogen-bond acceptors (Lipinski definition) is 2. The Morgan fingerprint density at radius 2 is 2.30 bits per heavy atom. The van der Waals surface area contributed by atoms with Crippen molar-refractivity contribution in [3.63, 3.8) is 0 Å². The Balaban J connectivity index is 3.93. The van der Waals surface area contributed by atoms with Crippen molar-refractivity contribution < 1.29 is 4.79 Å². The summed E-state index contributed by atoms with van der Waals surface area (Å²) in [4.78, 5) is 14.0. The summed E-state index contributed by atoms with van der Waals surface area (Å²) < 4.78 is 0. The normalized spacial score (nSPS) is 15.9. The standard InChI is InChI=1S/C7H14N2O/c1-4-5(2)6(8)7(10)9-3/h5-6H,3-4,8H2,1-2H3/t5-,6?/m0/s1. The molecule has 1 amide bonds. The quantitative estimate of drug-likeness (QED) is 0.586. The highest BCUT2D eigenvalue weighted by molar-refractivity contribution is 5.85. The van der Waals surface area contributed by atoms with Crippen LogP contribution in [0.4, 0.5) is 0 Å². The van der Waals surface area contributed by atoms with E-state index < -0.39 is 6.04 Å². The lowest BCUT2D eigenvalue weighted by Crippen LogP contribution is -2.35. The maximum atomic E-state index is 10.8. The van der Waals surface area contributed by atoms with E-state index >= 15 is 0 Å². The Kier molecular flexibility index (Phi) is 3.88. The van der Waals surface area contributed by atoms with Crippen molar-refractivity contribution in [2.45, 2.75) is 26.3 Å². The summed E-state index contributed by atoms with van der Waals surface area (Å²) in [6, 6.07) is -0.470. The van der Waals surface area contributed by atoms with E-state index in [1.54, 1.807) is 0 Å². The van der Waals surface area contributed by atoms with Gasteiger partial charge in [-0.25, -0.2) is 4.99 Å². The van der Waals surface area contributed by atoms with Gasteiger partial charge in [0, 0.05) is 0 Å². The lowest BCUT2D eigenvalue weighted by Gasteiger charge is -2.13. The predicted octanol–water partition coefficient (Wildman–Crippen LogP) is 0.587. The van der Waals surface area contributed by atoms with Gasteiger partial charge in [0.1, 0.15) is 0 Å². The van der Waals surface area contributed by atoms with Crippen molar-refractivity contribution in [2.75, 3.05) is 0 Å². The zero-order valence-corrected chi connectivity index (χ0v) is 6.50. The van der Waals surface area contributed by atoms with Crippen LogP contribution in [0.1, 0.15) is 20.3 Å². The van der Waals surface area contributed by atoms with E-state index in [2.05, 4.69) is 11.7 Å². The van der Waals surface area contributed by atoms with E-state index in [-0.39, 0.29) is 11.8 Å². The minimum Gasteiger partial charge on any atom is -0.320 e. The molecule has 0 aliphatic carbocycles. The van der Waals surface area contributed by atoms with Crippen LogP contribution in [0.5, 0.6) is 0 Å². The zero-order chi connectivity index (χ0) is 8.15. The molecule has 0 aromatic rings. The number of rotatable bonds is 3. The fraction of sp³-hybridized carbons (Fsp3) is 0.714. The lowest BCUT2D eigenvalue weighted by molar-refractivity contribution is -0.119. The number of nitrogens with two attached hydrogens (primary N) is 1. The molecule has 10 heavy (non-hydrogen) atoms. The summed E-state index contributed by atoms with van der Waals surface area (Å²) in [5.74, 6) is -0.118. The molecule has 2 N–H and O–H groups in total. The van der Waals surface area contributed by atoms with Gasteiger partial charge in [-0.05, 0) is 12.6 Å². The van der Waals surface area contributed by atoms with Crippen molar-refractivity contribution in [1.29, 1.82) is 0 Å². The van der Waals surface area contributed by atoms with Crippen molar-refractivity contribution in [3.05, 3.63) is 0 Å². The molecule has 0 bridgehead atoms. The smallest absolute Gasteiger partial charge is 0.262 e. The van der Waals surface area contributed by atoms with Crippen molar-refractivity contribution in [1.82, 2.24) is 0 Å². The van der Waals surface area contributed by atoms with Crippen molar-refractivity contribution >= 4 is 12.6 Å². The third-order valence-corrected chi connectivity index (χ3v) is 1.70. The Labute approximate surface area is 61.3 Å². The van der Waals surface area contributed by atoms with Gasteiger partial charge in [0.2, 0.25) is 0 Å². The number of hydrogen-bond donors (Lipinski definition) is 1. The second kappa shape index (κ2) is 4.17. The van der Waals surface area contributed by atoms with Crippen LogP contribution in [0.15, 0.2) is 4.99 Å². The SMILES string of the molecule is C=NC(=O)C(N)[C@@H](C)CC. The van der Waals surface area contributed by atoms with Crippen molar-refractivity contribution in [3.8, 4) is 0 Å². The van der Waals surface area contributed by atoms with Gasteiger partial charge in [-0.15, -0.1) is 0 Å². The molecular formula is C7H14N2O. The van der Waals surface area contributed by atoms with Crippen molar-refractivity contribution in [2.24, 2.45) is 16.6 Å². The Bertz CT molecular complexity index is 134. The summed E-state index contributed by atoms with van der Waals surface area (Å²) >= 11 is 0. The minimum absolute atomic E-state index is 0.193. The van der Waals surface area contributed by atoms with Gasteiger partial charge < -0.3 is 5.73 Å². The molecule has 0 aromatic heterocycles. The molecule has 0 saturated heterocycles. The van der Waals surface area contributed by atoms with E-state index in [1.165, 1.54) is 0 Å². The van der Waals surface area contributed by atoms with Crippen LogP contribution in [0, 0.1) is 5.92 Å². The highest BCUT2D eigenvalue weighted by Gasteiger charge is 2.17. The maximum Gasteiger partial charge on any atom is 0.262 e. The highest BCUT2D eigenvalue weighted by atomic mass is 16.1. The average molecular weight is 142 g/mol. The molecular weight excluding hydrogens is 128 g/mol. The van der Waals surface area contributed by atoms with Crippen LogP contribution in [-0.4, -0.2) is 18.7 Å². The zero-order valence-electron chi connectivity index (χ0n) is 6.50. The largest absolute Gasteiger partial charge is 0.320 e. The molecule has 2 atom stereocenters. The number of amides is 1. The predicted molar refractivity (Wildman–Crippen MR) is 42.0 cm³/mol. The molecule has 1 unspecified atom stereocenters. The lowest BCUT2D eigenvalue weighted by atomic mass is 10.00. The number of nitrogens with zero attached hydrogens (tertiary/aromatic N) is 1. The molecule has 0 saturated carbocycles.